The molecule has 1 radical (unpaired) electrons. The van der Waals surface area contributed by atoms with Crippen molar-refractivity contribution in [3.63, 3.8) is 0 Å². The van der Waals surface area contributed by atoms with E-state index in [2.05, 4.69) is 5.32 Å². The highest BCUT2D eigenvalue weighted by atomic mass is 16.2. The number of ketones is 1. The van der Waals surface area contributed by atoms with Crippen molar-refractivity contribution in [2.24, 2.45) is 0 Å². The predicted octanol–water partition coefficient (Wildman–Crippen LogP) is -0.509. The first-order valence-corrected chi connectivity index (χ1v) is 5.28. The second-order valence-corrected chi connectivity index (χ2v) is 5.16. The molecule has 0 atom stereocenters. The van der Waals surface area contributed by atoms with Gasteiger partial charge < -0.3 is 14.7 Å². The highest BCUT2D eigenvalue weighted by molar-refractivity contribution is 6.02. The quantitative estimate of drug-likeness (QED) is 0.363. The number of Topliss-reactive ketones (excluding diaryl/α,β-unsaturated/α-hetero) is 1. The number of carbonyl (C=O) groups excluding carboxylic acids is 2. The zero-order valence-electron chi connectivity index (χ0n) is 10.9. The molecule has 0 aliphatic carbocycles. The van der Waals surface area contributed by atoms with Gasteiger partial charge in [-0.3, -0.25) is 9.59 Å². The Hall–Kier alpha value is -0.940. The molecule has 1 amide bonds. The van der Waals surface area contributed by atoms with Gasteiger partial charge in [-0.15, -0.1) is 0 Å². The van der Waals surface area contributed by atoms with E-state index >= 15 is 0 Å². The standard InChI is InChI=1S/C11H22N3O2/c1-13(2)7-6-10(15)8-11(16)12-9-14(3,4)5/h6H,7-9H2,1-5H3/p+1. The monoisotopic (exact) mass is 229 g/mol. The minimum Gasteiger partial charge on any atom is -0.314 e. The molecule has 0 aliphatic rings. The third-order valence-electron chi connectivity index (χ3n) is 1.77. The molecule has 5 nitrogen and oxygen atoms in total. The topological polar surface area (TPSA) is 49.4 Å². The molecule has 0 aromatic heterocycles. The van der Waals surface area contributed by atoms with Gasteiger partial charge in [0.1, 0.15) is 5.78 Å². The van der Waals surface area contributed by atoms with E-state index in [4.69, 9.17) is 0 Å². The lowest BCUT2D eigenvalue weighted by molar-refractivity contribution is -0.872. The highest BCUT2D eigenvalue weighted by Crippen LogP contribution is 1.92. The number of hydrogen-bond acceptors (Lipinski definition) is 3. The molecule has 0 fully saturated rings. The second kappa shape index (κ2) is 6.60. The Kier molecular flexibility index (Phi) is 6.21. The molecule has 0 aromatic rings. The van der Waals surface area contributed by atoms with Crippen LogP contribution in [0, 0.1) is 6.42 Å². The molecule has 0 heterocycles. The number of quaternary nitrogens is 1. The Balaban J connectivity index is 3.75. The summed E-state index contributed by atoms with van der Waals surface area (Å²) >= 11 is 0. The average Bonchev–Trinajstić information content (AvgIpc) is 2.10. The number of carbonyl (C=O) groups is 2. The summed E-state index contributed by atoms with van der Waals surface area (Å²) in [6.45, 7) is 1.10. The highest BCUT2D eigenvalue weighted by Gasteiger charge is 2.13. The third kappa shape index (κ3) is 9.61. The Morgan fingerprint density at radius 3 is 2.25 bits per heavy atom. The van der Waals surface area contributed by atoms with Crippen molar-refractivity contribution in [1.82, 2.24) is 10.2 Å². The van der Waals surface area contributed by atoms with Crippen molar-refractivity contribution >= 4 is 11.7 Å². The zero-order chi connectivity index (χ0) is 12.8. The van der Waals surface area contributed by atoms with Gasteiger partial charge in [-0.05, 0) is 14.1 Å². The summed E-state index contributed by atoms with van der Waals surface area (Å²) in [4.78, 5) is 24.6. The van der Waals surface area contributed by atoms with Gasteiger partial charge in [0.25, 0.3) is 0 Å². The molecule has 1 N–H and O–H groups in total. The van der Waals surface area contributed by atoms with Crippen LogP contribution < -0.4 is 5.32 Å². The molecular weight excluding hydrogens is 206 g/mol. The first-order chi connectivity index (χ1) is 7.20. The summed E-state index contributed by atoms with van der Waals surface area (Å²) < 4.78 is 0.640. The van der Waals surface area contributed by atoms with Crippen molar-refractivity contribution < 1.29 is 14.1 Å². The molecule has 0 spiro atoms. The van der Waals surface area contributed by atoms with Gasteiger partial charge >= 0.3 is 0 Å². The fourth-order valence-electron chi connectivity index (χ4n) is 0.903. The molecule has 0 unspecified atom stereocenters. The first-order valence-electron chi connectivity index (χ1n) is 5.28. The molecule has 0 saturated carbocycles. The lowest BCUT2D eigenvalue weighted by atomic mass is 10.2. The molecule has 5 heteroatoms. The molecule has 16 heavy (non-hydrogen) atoms. The maximum atomic E-state index is 11.4. The summed E-state index contributed by atoms with van der Waals surface area (Å²) in [5.74, 6) is -0.347. The summed E-state index contributed by atoms with van der Waals surface area (Å²) in [5.41, 5.74) is 0. The Morgan fingerprint density at radius 1 is 1.25 bits per heavy atom. The minimum absolute atomic E-state index is 0.0617. The van der Waals surface area contributed by atoms with Gasteiger partial charge in [0.2, 0.25) is 5.91 Å². The van der Waals surface area contributed by atoms with Crippen molar-refractivity contribution in [2.45, 2.75) is 6.42 Å². The van der Waals surface area contributed by atoms with Crippen LogP contribution in [0.5, 0.6) is 0 Å². The van der Waals surface area contributed by atoms with Crippen molar-refractivity contribution in [1.29, 1.82) is 0 Å². The average molecular weight is 229 g/mol. The Bertz CT molecular complexity index is 244. The third-order valence-corrected chi connectivity index (χ3v) is 1.77. The van der Waals surface area contributed by atoms with E-state index in [-0.39, 0.29) is 18.1 Å². The van der Waals surface area contributed by atoms with Gasteiger partial charge in [0.15, 0.2) is 6.67 Å². The van der Waals surface area contributed by atoms with E-state index < -0.39 is 0 Å². The smallest absolute Gasteiger partial charge is 0.231 e. The van der Waals surface area contributed by atoms with Crippen LogP contribution in [0.15, 0.2) is 0 Å². The fourth-order valence-corrected chi connectivity index (χ4v) is 0.903. The lowest BCUT2D eigenvalue weighted by Gasteiger charge is -2.23. The summed E-state index contributed by atoms with van der Waals surface area (Å²) in [5, 5.41) is 2.72. The van der Waals surface area contributed by atoms with Gasteiger partial charge in [-0.2, -0.15) is 0 Å². The van der Waals surface area contributed by atoms with Crippen LogP contribution in [0.2, 0.25) is 0 Å². The van der Waals surface area contributed by atoms with E-state index in [1.165, 1.54) is 6.42 Å². The number of amides is 1. The maximum absolute atomic E-state index is 11.4. The molecule has 0 aromatic carbocycles. The second-order valence-electron chi connectivity index (χ2n) is 5.16. The summed E-state index contributed by atoms with van der Waals surface area (Å²) in [6.07, 6.45) is 1.47. The van der Waals surface area contributed by atoms with E-state index in [9.17, 15) is 9.59 Å². The summed E-state index contributed by atoms with van der Waals surface area (Å²) in [7, 11) is 9.67. The van der Waals surface area contributed by atoms with Crippen LogP contribution in [-0.4, -0.2) is 69.5 Å². The van der Waals surface area contributed by atoms with Gasteiger partial charge in [-0.25, -0.2) is 0 Å². The van der Waals surface area contributed by atoms with Crippen LogP contribution in [0.4, 0.5) is 0 Å². The Labute approximate surface area is 98.0 Å². The van der Waals surface area contributed by atoms with E-state index in [1.807, 2.05) is 40.1 Å². The van der Waals surface area contributed by atoms with Crippen LogP contribution in [0.3, 0.4) is 0 Å². The fraction of sp³-hybridized carbons (Fsp3) is 0.727. The van der Waals surface area contributed by atoms with Crippen LogP contribution in [0.25, 0.3) is 0 Å². The SMILES string of the molecule is CN(C)C[CH]C(=O)CC(=O)NC[N+](C)(C)C. The largest absolute Gasteiger partial charge is 0.314 e. The molecule has 0 bridgehead atoms. The first kappa shape index (κ1) is 15.1. The predicted molar refractivity (Wildman–Crippen MR) is 63.5 cm³/mol. The molecule has 0 rings (SSSR count). The van der Waals surface area contributed by atoms with Crippen molar-refractivity contribution in [2.75, 3.05) is 48.5 Å². The maximum Gasteiger partial charge on any atom is 0.231 e. The van der Waals surface area contributed by atoms with E-state index in [1.54, 1.807) is 0 Å². The van der Waals surface area contributed by atoms with Crippen LogP contribution >= 0.6 is 0 Å². The van der Waals surface area contributed by atoms with E-state index in [0.717, 1.165) is 0 Å². The molecule has 0 aliphatic heterocycles. The van der Waals surface area contributed by atoms with Gasteiger partial charge in [0, 0.05) is 13.0 Å². The normalized spacial score (nSPS) is 11.6. The molecule has 93 valence electrons. The van der Waals surface area contributed by atoms with Crippen molar-refractivity contribution in [3.05, 3.63) is 6.42 Å². The van der Waals surface area contributed by atoms with Crippen LogP contribution in [-0.2, 0) is 9.59 Å². The lowest BCUT2D eigenvalue weighted by Crippen LogP contribution is -2.45. The molecular formula is C11H23N3O2+. The van der Waals surface area contributed by atoms with Crippen molar-refractivity contribution in [3.8, 4) is 0 Å². The number of hydrogen-bond donors (Lipinski definition) is 1. The Morgan fingerprint density at radius 2 is 1.81 bits per heavy atom. The van der Waals surface area contributed by atoms with E-state index in [0.29, 0.717) is 17.7 Å². The number of rotatable bonds is 7. The zero-order valence-corrected chi connectivity index (χ0v) is 10.9. The molecule has 0 saturated heterocycles. The van der Waals surface area contributed by atoms with Gasteiger partial charge in [-0.1, -0.05) is 0 Å². The number of nitrogens with zero attached hydrogens (tertiary/aromatic N) is 2. The van der Waals surface area contributed by atoms with Crippen LogP contribution in [0.1, 0.15) is 6.42 Å². The number of nitrogens with one attached hydrogen (secondary N) is 1. The van der Waals surface area contributed by atoms with Gasteiger partial charge in [0.05, 0.1) is 27.6 Å². The minimum atomic E-state index is -0.215. The summed E-state index contributed by atoms with van der Waals surface area (Å²) in [6, 6.07) is 0.